The van der Waals surface area contributed by atoms with E-state index in [1.54, 1.807) is 0 Å². The van der Waals surface area contributed by atoms with Gasteiger partial charge in [-0.05, 0) is 4.11 Å². The average Bonchev–Trinajstić information content (AvgIpc) is 1.68. The molecule has 0 saturated heterocycles. The molecule has 1 atom stereocenters. The highest BCUT2D eigenvalue weighted by molar-refractivity contribution is 7.83. The van der Waals surface area contributed by atoms with Crippen LogP contribution in [0.5, 0.6) is 0 Å². The first-order valence-corrected chi connectivity index (χ1v) is 6.02. The van der Waals surface area contributed by atoms with Crippen molar-refractivity contribution >= 4 is 37.0 Å². The first kappa shape index (κ1) is 8.17. The van der Waals surface area contributed by atoms with Crippen LogP contribution in [0.3, 0.4) is 0 Å². The van der Waals surface area contributed by atoms with Crippen LogP contribution in [-0.2, 0) is 0 Å². The van der Waals surface area contributed by atoms with Crippen molar-refractivity contribution in [3.8, 4) is 0 Å². The Hall–Kier alpha value is 1.17. The van der Waals surface area contributed by atoms with Gasteiger partial charge in [0.05, 0.1) is 0 Å². The fraction of sp³-hybridized carbons (Fsp3) is 1.00. The molecule has 0 saturated carbocycles. The third-order valence-corrected chi connectivity index (χ3v) is 4.13. The van der Waals surface area contributed by atoms with Gasteiger partial charge in [0.25, 0.3) is 0 Å². The van der Waals surface area contributed by atoms with Crippen molar-refractivity contribution in [2.75, 3.05) is 0 Å². The van der Waals surface area contributed by atoms with E-state index >= 15 is 0 Å². The van der Waals surface area contributed by atoms with Gasteiger partial charge in [0.15, 0.2) is 0 Å². The molecular weight excluding hydrogens is 143 g/mol. The summed E-state index contributed by atoms with van der Waals surface area (Å²) in [6.45, 7) is 2.16. The van der Waals surface area contributed by atoms with Gasteiger partial charge in [-0.25, -0.2) is 0 Å². The molecule has 0 N–H and O–H groups in total. The number of thiol groups is 1. The van der Waals surface area contributed by atoms with Gasteiger partial charge in [0.1, 0.15) is 0 Å². The summed E-state index contributed by atoms with van der Waals surface area (Å²) in [4.78, 5) is 0. The summed E-state index contributed by atoms with van der Waals surface area (Å²) in [6, 6.07) is 0. The van der Waals surface area contributed by atoms with E-state index in [0.29, 0.717) is 4.11 Å². The summed E-state index contributed by atoms with van der Waals surface area (Å²) in [5, 5.41) is 0. The van der Waals surface area contributed by atoms with Gasteiger partial charge < -0.3 is 0 Å². The molecule has 0 aliphatic carbocycles. The maximum absolute atomic E-state index is 5.59. The minimum Gasteiger partial charge on any atom is -0.266 e. The maximum Gasteiger partial charge on any atom is 0.390 e. The van der Waals surface area contributed by atoms with E-state index in [1.807, 2.05) is 0 Å². The molecule has 0 aromatic carbocycles. The number of hydrogen-bond acceptors (Lipinski definition) is 1. The predicted octanol–water partition coefficient (Wildman–Crippen LogP) is 1.63. The molecule has 7 heavy (non-hydrogen) atoms. The molecule has 0 amide bonds. The summed E-state index contributed by atoms with van der Waals surface area (Å²) in [5.41, 5.74) is 0. The predicted molar refractivity (Wildman–Crippen MR) is 40.7 cm³/mol. The summed E-state index contributed by atoms with van der Waals surface area (Å²) < 4.78 is 0.548. The van der Waals surface area contributed by atoms with E-state index in [1.165, 1.54) is 12.8 Å². The molecule has 3 heteroatoms. The van der Waals surface area contributed by atoms with Crippen LogP contribution in [0.1, 0.15) is 19.8 Å². The lowest BCUT2D eigenvalue weighted by Gasteiger charge is -1.98. The van der Waals surface area contributed by atoms with Crippen LogP contribution in [0.4, 0.5) is 0 Å². The smallest absolute Gasteiger partial charge is 0.266 e. The molecule has 0 bridgehead atoms. The molecule has 0 spiro atoms. The number of halogens is 1. The Morgan fingerprint density at radius 1 is 1.86 bits per heavy atom. The van der Waals surface area contributed by atoms with Crippen LogP contribution in [0, 0.1) is 0 Å². The Morgan fingerprint density at radius 2 is 2.43 bits per heavy atom. The first-order chi connectivity index (χ1) is 3.31. The minimum absolute atomic E-state index is 0.336. The Bertz CT molecular complexity index is 42.7. The van der Waals surface area contributed by atoms with Crippen molar-refractivity contribution in [3.63, 3.8) is 0 Å². The summed E-state index contributed by atoms with van der Waals surface area (Å²) in [6.07, 6.45) is 2.41. The zero-order valence-electron chi connectivity index (χ0n) is 4.52. The van der Waals surface area contributed by atoms with Gasteiger partial charge in [0.2, 0.25) is 0 Å². The fourth-order valence-electron chi connectivity index (χ4n) is 0.410. The van der Waals surface area contributed by atoms with E-state index < -0.39 is 0 Å². The van der Waals surface area contributed by atoms with Crippen LogP contribution in [0.25, 0.3) is 0 Å². The molecule has 0 rings (SSSR count). The van der Waals surface area contributed by atoms with Gasteiger partial charge in [-0.3, -0.25) is 10.0 Å². The SMILES string of the molecule is CCC[CH](S)[AlH][Cl]. The largest absolute Gasteiger partial charge is 0.390 e. The van der Waals surface area contributed by atoms with Gasteiger partial charge in [0, 0.05) is 0 Å². The molecule has 0 nitrogen and oxygen atoms in total. The standard InChI is InChI=1S/C4H9S.Al.ClH.H/c1-2-3-4-5;;;/h4-5H,2-3H2,1H3;;1H;/q;+1;;/p-1. The van der Waals surface area contributed by atoms with E-state index in [4.69, 9.17) is 10.0 Å². The van der Waals surface area contributed by atoms with Crippen LogP contribution in [-0.4, -0.2) is 18.4 Å². The zero-order chi connectivity index (χ0) is 5.70. The van der Waals surface area contributed by atoms with Gasteiger partial charge in [-0.1, -0.05) is 19.8 Å². The molecule has 0 fully saturated rings. The van der Waals surface area contributed by atoms with Crippen molar-refractivity contribution in [1.82, 2.24) is 0 Å². The quantitative estimate of drug-likeness (QED) is 0.461. The molecular formula is C4H10AlClS. The zero-order valence-corrected chi connectivity index (χ0v) is 7.59. The number of hydrogen-bond donors (Lipinski definition) is 1. The van der Waals surface area contributed by atoms with Crippen LogP contribution >= 0.6 is 22.7 Å². The van der Waals surface area contributed by atoms with Crippen molar-refractivity contribution in [2.24, 2.45) is 0 Å². The molecule has 0 aliphatic rings. The summed E-state index contributed by atoms with van der Waals surface area (Å²) in [5.74, 6) is 0. The highest BCUT2D eigenvalue weighted by atomic mass is 35.6. The van der Waals surface area contributed by atoms with E-state index in [-0.39, 0.29) is 14.3 Å². The average molecular weight is 153 g/mol. The topological polar surface area (TPSA) is 0 Å². The van der Waals surface area contributed by atoms with Crippen LogP contribution < -0.4 is 0 Å². The fourth-order valence-corrected chi connectivity index (χ4v) is 1.69. The van der Waals surface area contributed by atoms with E-state index in [2.05, 4.69) is 19.6 Å². The normalized spacial score (nSPS) is 13.6. The van der Waals surface area contributed by atoms with E-state index in [0.717, 1.165) is 0 Å². The Kier molecular flexibility index (Phi) is 6.20. The molecule has 0 aromatic rings. The monoisotopic (exact) mass is 152 g/mol. The highest BCUT2D eigenvalue weighted by Crippen LogP contribution is 2.02. The van der Waals surface area contributed by atoms with Crippen LogP contribution in [0.2, 0.25) is 0 Å². The summed E-state index contributed by atoms with van der Waals surface area (Å²) in [7, 11) is 5.59. The molecule has 0 heterocycles. The molecule has 0 aliphatic heterocycles. The highest BCUT2D eigenvalue weighted by Gasteiger charge is 2.00. The third-order valence-electron chi connectivity index (χ3n) is 0.800. The second kappa shape index (κ2) is 5.31. The Labute approximate surface area is 61.0 Å². The maximum atomic E-state index is 5.59. The second-order valence-corrected chi connectivity index (χ2v) is 5.23. The molecule has 0 radical (unpaired) electrons. The Balaban J connectivity index is 2.83. The van der Waals surface area contributed by atoms with Gasteiger partial charge in [-0.15, -0.1) is 0 Å². The van der Waals surface area contributed by atoms with Crippen molar-refractivity contribution < 1.29 is 0 Å². The lowest BCUT2D eigenvalue weighted by Crippen LogP contribution is -2.01. The summed E-state index contributed by atoms with van der Waals surface area (Å²) >= 11 is 3.90. The van der Waals surface area contributed by atoms with Crippen molar-refractivity contribution in [3.05, 3.63) is 0 Å². The van der Waals surface area contributed by atoms with E-state index in [9.17, 15) is 0 Å². The van der Waals surface area contributed by atoms with Crippen molar-refractivity contribution in [1.29, 1.82) is 0 Å². The Morgan fingerprint density at radius 3 is 2.57 bits per heavy atom. The van der Waals surface area contributed by atoms with Crippen LogP contribution in [0.15, 0.2) is 0 Å². The van der Waals surface area contributed by atoms with Gasteiger partial charge in [-0.2, -0.15) is 12.6 Å². The lowest BCUT2D eigenvalue weighted by molar-refractivity contribution is 0.866. The number of rotatable bonds is 3. The third kappa shape index (κ3) is 5.04. The second-order valence-electron chi connectivity index (χ2n) is 1.60. The van der Waals surface area contributed by atoms with Gasteiger partial charge >= 0.3 is 14.3 Å². The molecule has 1 unspecified atom stereocenters. The molecule has 0 aromatic heterocycles. The van der Waals surface area contributed by atoms with Crippen molar-refractivity contribution in [2.45, 2.75) is 23.9 Å². The first-order valence-electron chi connectivity index (χ1n) is 2.55. The molecule has 42 valence electrons. The minimum atomic E-state index is -0.336. The lowest BCUT2D eigenvalue weighted by atomic mass is 10.4.